The minimum atomic E-state index is -0.539. The van der Waals surface area contributed by atoms with Crippen LogP contribution in [0.3, 0.4) is 0 Å². The minimum absolute atomic E-state index is 0.0772. The van der Waals surface area contributed by atoms with Gasteiger partial charge in [0.2, 0.25) is 5.76 Å². The van der Waals surface area contributed by atoms with E-state index in [4.69, 9.17) is 15.0 Å². The Hall–Kier alpha value is -2.35. The number of esters is 1. The van der Waals surface area contributed by atoms with Crippen molar-refractivity contribution in [2.45, 2.75) is 20.0 Å². The van der Waals surface area contributed by atoms with E-state index in [9.17, 15) is 4.79 Å². The van der Waals surface area contributed by atoms with E-state index < -0.39 is 5.97 Å². The normalized spacial score (nSPS) is 11.4. The van der Waals surface area contributed by atoms with Crippen LogP contribution in [0.15, 0.2) is 27.1 Å². The molecule has 0 aliphatic rings. The molecule has 0 aliphatic heterocycles. The SMILES string of the molecule is COC(=O)c1ccc(CON=C(N)Cc2csc(C)n2)o1. The molecule has 0 bridgehead atoms. The fourth-order valence-electron chi connectivity index (χ4n) is 1.55. The Morgan fingerprint density at radius 2 is 2.33 bits per heavy atom. The fraction of sp³-hybridized carbons (Fsp3) is 0.308. The Kier molecular flexibility index (Phi) is 4.94. The highest BCUT2D eigenvalue weighted by Gasteiger charge is 2.11. The number of amidine groups is 1. The smallest absolute Gasteiger partial charge is 0.373 e. The lowest BCUT2D eigenvalue weighted by Gasteiger charge is -1.99. The van der Waals surface area contributed by atoms with Crippen LogP contribution in [0.25, 0.3) is 0 Å². The van der Waals surface area contributed by atoms with Gasteiger partial charge in [0.25, 0.3) is 0 Å². The van der Waals surface area contributed by atoms with Crippen LogP contribution in [0, 0.1) is 6.92 Å². The van der Waals surface area contributed by atoms with Gasteiger partial charge in [0.15, 0.2) is 6.61 Å². The first-order valence-electron chi connectivity index (χ1n) is 6.11. The minimum Gasteiger partial charge on any atom is -0.463 e. The Bertz CT molecular complexity index is 647. The van der Waals surface area contributed by atoms with E-state index in [0.717, 1.165) is 10.7 Å². The number of ether oxygens (including phenoxy) is 1. The number of hydrogen-bond acceptors (Lipinski definition) is 7. The number of thiazole rings is 1. The van der Waals surface area contributed by atoms with Crippen LogP contribution < -0.4 is 5.73 Å². The standard InChI is InChI=1S/C13H15N3O4S/c1-8-15-9(7-21-8)5-12(14)16-19-6-10-3-4-11(20-10)13(17)18-2/h3-4,7H,5-6H2,1-2H3,(H2,14,16). The van der Waals surface area contributed by atoms with Crippen LogP contribution >= 0.6 is 11.3 Å². The molecule has 7 nitrogen and oxygen atoms in total. The molecule has 112 valence electrons. The summed E-state index contributed by atoms with van der Waals surface area (Å²) in [7, 11) is 1.28. The molecule has 0 saturated heterocycles. The molecule has 0 aliphatic carbocycles. The number of hydrogen-bond donors (Lipinski definition) is 1. The zero-order chi connectivity index (χ0) is 15.2. The van der Waals surface area contributed by atoms with E-state index in [1.54, 1.807) is 17.4 Å². The first kappa shape index (κ1) is 15.0. The molecule has 8 heteroatoms. The van der Waals surface area contributed by atoms with Crippen molar-refractivity contribution < 1.29 is 18.8 Å². The Balaban J connectivity index is 1.83. The van der Waals surface area contributed by atoms with Crippen molar-refractivity contribution in [2.75, 3.05) is 7.11 Å². The van der Waals surface area contributed by atoms with Gasteiger partial charge in [0.1, 0.15) is 11.6 Å². The maximum Gasteiger partial charge on any atom is 0.373 e. The van der Waals surface area contributed by atoms with Crippen molar-refractivity contribution >= 4 is 23.1 Å². The molecule has 2 N–H and O–H groups in total. The summed E-state index contributed by atoms with van der Waals surface area (Å²) in [4.78, 5) is 20.6. The third kappa shape index (κ3) is 4.32. The van der Waals surface area contributed by atoms with E-state index in [0.29, 0.717) is 18.0 Å². The summed E-state index contributed by atoms with van der Waals surface area (Å²) in [6, 6.07) is 3.12. The lowest BCUT2D eigenvalue weighted by molar-refractivity contribution is 0.0553. The predicted molar refractivity (Wildman–Crippen MR) is 77.0 cm³/mol. The molecular weight excluding hydrogens is 294 g/mol. The number of furan rings is 1. The van der Waals surface area contributed by atoms with Gasteiger partial charge in [0.05, 0.1) is 24.2 Å². The summed E-state index contributed by atoms with van der Waals surface area (Å²) in [5.74, 6) is 0.352. The molecule has 0 fully saturated rings. The second-order valence-corrected chi connectivity index (χ2v) is 5.21. The summed E-state index contributed by atoms with van der Waals surface area (Å²) in [5.41, 5.74) is 6.59. The molecule has 0 radical (unpaired) electrons. The summed E-state index contributed by atoms with van der Waals surface area (Å²) in [5, 5.41) is 6.68. The number of nitrogens with zero attached hydrogens (tertiary/aromatic N) is 2. The summed E-state index contributed by atoms with van der Waals surface area (Å²) >= 11 is 1.55. The maximum atomic E-state index is 11.2. The molecule has 2 aromatic rings. The number of carbonyl (C=O) groups is 1. The highest BCUT2D eigenvalue weighted by molar-refractivity contribution is 7.09. The number of aryl methyl sites for hydroxylation is 1. The quantitative estimate of drug-likeness (QED) is 0.378. The number of nitrogens with two attached hydrogens (primary N) is 1. The van der Waals surface area contributed by atoms with Crippen LogP contribution in [0.2, 0.25) is 0 Å². The molecule has 21 heavy (non-hydrogen) atoms. The van der Waals surface area contributed by atoms with Crippen LogP contribution in [0.4, 0.5) is 0 Å². The van der Waals surface area contributed by atoms with E-state index in [1.165, 1.54) is 13.2 Å². The van der Waals surface area contributed by atoms with Crippen molar-refractivity contribution in [1.82, 2.24) is 4.98 Å². The molecule has 2 heterocycles. The van der Waals surface area contributed by atoms with Gasteiger partial charge in [-0.2, -0.15) is 0 Å². The molecule has 0 unspecified atom stereocenters. The highest BCUT2D eigenvalue weighted by atomic mass is 32.1. The lowest BCUT2D eigenvalue weighted by atomic mass is 10.3. The first-order valence-corrected chi connectivity index (χ1v) is 6.98. The van der Waals surface area contributed by atoms with Gasteiger partial charge in [-0.05, 0) is 19.1 Å². The largest absolute Gasteiger partial charge is 0.463 e. The maximum absolute atomic E-state index is 11.2. The monoisotopic (exact) mass is 309 g/mol. The lowest BCUT2D eigenvalue weighted by Crippen LogP contribution is -2.15. The molecule has 0 spiro atoms. The van der Waals surface area contributed by atoms with E-state index in [2.05, 4.69) is 14.9 Å². The molecule has 2 rings (SSSR count). The zero-order valence-corrected chi connectivity index (χ0v) is 12.5. The van der Waals surface area contributed by atoms with E-state index >= 15 is 0 Å². The van der Waals surface area contributed by atoms with Gasteiger partial charge in [-0.3, -0.25) is 0 Å². The Morgan fingerprint density at radius 1 is 1.52 bits per heavy atom. The van der Waals surface area contributed by atoms with Crippen molar-refractivity contribution in [2.24, 2.45) is 10.9 Å². The fourth-order valence-corrected chi connectivity index (χ4v) is 2.16. The molecule has 0 saturated carbocycles. The van der Waals surface area contributed by atoms with Gasteiger partial charge in [-0.25, -0.2) is 9.78 Å². The number of aromatic nitrogens is 1. The Morgan fingerprint density at radius 3 is 3.00 bits per heavy atom. The van der Waals surface area contributed by atoms with Gasteiger partial charge < -0.3 is 19.7 Å². The molecule has 0 amide bonds. The van der Waals surface area contributed by atoms with Gasteiger partial charge >= 0.3 is 5.97 Å². The Labute approximate surface area is 125 Å². The van der Waals surface area contributed by atoms with Crippen LogP contribution in [0.1, 0.15) is 27.0 Å². The van der Waals surface area contributed by atoms with Gasteiger partial charge in [-0.1, -0.05) is 5.16 Å². The van der Waals surface area contributed by atoms with Gasteiger partial charge in [-0.15, -0.1) is 11.3 Å². The van der Waals surface area contributed by atoms with Crippen LogP contribution in [-0.2, 0) is 22.6 Å². The van der Waals surface area contributed by atoms with Crippen LogP contribution in [-0.4, -0.2) is 23.9 Å². The number of oxime groups is 1. The van der Waals surface area contributed by atoms with E-state index in [1.807, 2.05) is 12.3 Å². The molecule has 0 aromatic carbocycles. The first-order chi connectivity index (χ1) is 10.1. The number of methoxy groups -OCH3 is 1. The summed E-state index contributed by atoms with van der Waals surface area (Å²) in [6.45, 7) is 2.00. The number of carbonyl (C=O) groups excluding carboxylic acids is 1. The zero-order valence-electron chi connectivity index (χ0n) is 11.7. The summed E-state index contributed by atoms with van der Waals surface area (Å²) < 4.78 is 9.75. The molecule has 0 atom stereocenters. The number of rotatable bonds is 6. The second kappa shape index (κ2) is 6.89. The van der Waals surface area contributed by atoms with Gasteiger partial charge in [0, 0.05) is 5.38 Å². The third-order valence-corrected chi connectivity index (χ3v) is 3.29. The highest BCUT2D eigenvalue weighted by Crippen LogP contribution is 2.11. The molecular formula is C13H15N3O4S. The van der Waals surface area contributed by atoms with Crippen molar-refractivity contribution in [1.29, 1.82) is 0 Å². The molecule has 2 aromatic heterocycles. The van der Waals surface area contributed by atoms with Crippen LogP contribution in [0.5, 0.6) is 0 Å². The average Bonchev–Trinajstić information content (AvgIpc) is 3.07. The topological polar surface area (TPSA) is 99.9 Å². The predicted octanol–water partition coefficient (Wildman–Crippen LogP) is 1.86. The van der Waals surface area contributed by atoms with E-state index in [-0.39, 0.29) is 12.4 Å². The van der Waals surface area contributed by atoms with Crippen molar-refractivity contribution in [3.8, 4) is 0 Å². The van der Waals surface area contributed by atoms with Crippen molar-refractivity contribution in [3.05, 3.63) is 39.7 Å². The summed E-state index contributed by atoms with van der Waals surface area (Å²) in [6.07, 6.45) is 0.426. The third-order valence-electron chi connectivity index (χ3n) is 2.47. The average molecular weight is 309 g/mol. The second-order valence-electron chi connectivity index (χ2n) is 4.15. The van der Waals surface area contributed by atoms with Crippen molar-refractivity contribution in [3.63, 3.8) is 0 Å².